The van der Waals surface area contributed by atoms with Crippen molar-refractivity contribution in [2.75, 3.05) is 37.4 Å². The van der Waals surface area contributed by atoms with Gasteiger partial charge in [0.1, 0.15) is 5.82 Å². The standard InChI is InChI=1S/C21H28N6O2S/c1-4-29-12-10-22-18-17-14-24-27(19(17)26-21(25-18)30-5-2)11-9-23-20(28)16-8-6-7-15(3)13-16/h6-8,13-14H,4-5,9-12H2,1-3H3,(H,23,28)(H,22,25,26). The molecule has 1 aromatic carbocycles. The molecule has 1 amide bonds. The fraction of sp³-hybridized carbons (Fsp3) is 0.429. The van der Waals surface area contributed by atoms with Gasteiger partial charge in [-0.2, -0.15) is 5.10 Å². The lowest BCUT2D eigenvalue weighted by molar-refractivity contribution is 0.0952. The van der Waals surface area contributed by atoms with Crippen molar-refractivity contribution in [3.05, 3.63) is 41.6 Å². The zero-order chi connectivity index (χ0) is 21.3. The molecule has 0 bridgehead atoms. The average molecular weight is 429 g/mol. The molecule has 30 heavy (non-hydrogen) atoms. The SMILES string of the molecule is CCOCCNc1nc(SCC)nc2c1cnn2CCNC(=O)c1cccc(C)c1. The van der Waals surface area contributed by atoms with Crippen LogP contribution in [0, 0.1) is 6.92 Å². The first-order valence-corrected chi connectivity index (χ1v) is 11.1. The van der Waals surface area contributed by atoms with Crippen molar-refractivity contribution >= 4 is 34.5 Å². The number of anilines is 1. The van der Waals surface area contributed by atoms with E-state index in [1.54, 1.807) is 22.6 Å². The quantitative estimate of drug-likeness (QED) is 0.275. The summed E-state index contributed by atoms with van der Waals surface area (Å²) in [5.74, 6) is 1.54. The normalized spacial score (nSPS) is 11.0. The lowest BCUT2D eigenvalue weighted by Gasteiger charge is -2.10. The summed E-state index contributed by atoms with van der Waals surface area (Å²) in [4.78, 5) is 21.6. The predicted molar refractivity (Wildman–Crippen MR) is 120 cm³/mol. The largest absolute Gasteiger partial charge is 0.380 e. The Morgan fingerprint density at radius 1 is 1.23 bits per heavy atom. The number of rotatable bonds is 11. The number of hydrogen-bond donors (Lipinski definition) is 2. The van der Waals surface area contributed by atoms with E-state index in [9.17, 15) is 4.79 Å². The lowest BCUT2D eigenvalue weighted by atomic mass is 10.1. The van der Waals surface area contributed by atoms with E-state index >= 15 is 0 Å². The third kappa shape index (κ3) is 5.70. The maximum atomic E-state index is 12.4. The summed E-state index contributed by atoms with van der Waals surface area (Å²) in [6.07, 6.45) is 1.76. The molecule has 2 aromatic heterocycles. The number of hydrogen-bond acceptors (Lipinski definition) is 7. The van der Waals surface area contributed by atoms with Gasteiger partial charge in [0.2, 0.25) is 0 Å². The number of benzene rings is 1. The Bertz CT molecular complexity index is 991. The number of amides is 1. The highest BCUT2D eigenvalue weighted by atomic mass is 32.2. The molecule has 0 aliphatic rings. The van der Waals surface area contributed by atoms with Crippen LogP contribution < -0.4 is 10.6 Å². The molecule has 0 unspecified atom stereocenters. The van der Waals surface area contributed by atoms with Gasteiger partial charge in [-0.15, -0.1) is 0 Å². The number of carbonyl (C=O) groups is 1. The maximum absolute atomic E-state index is 12.4. The highest BCUT2D eigenvalue weighted by Gasteiger charge is 2.13. The van der Waals surface area contributed by atoms with Gasteiger partial charge in [-0.3, -0.25) is 4.79 Å². The molecule has 160 valence electrons. The Morgan fingerprint density at radius 2 is 2.10 bits per heavy atom. The van der Waals surface area contributed by atoms with E-state index < -0.39 is 0 Å². The van der Waals surface area contributed by atoms with Gasteiger partial charge in [-0.25, -0.2) is 14.6 Å². The van der Waals surface area contributed by atoms with Crippen LogP contribution in [0.1, 0.15) is 29.8 Å². The summed E-state index contributed by atoms with van der Waals surface area (Å²) in [7, 11) is 0. The fourth-order valence-electron chi connectivity index (χ4n) is 2.98. The van der Waals surface area contributed by atoms with Gasteiger partial charge in [0, 0.05) is 25.3 Å². The van der Waals surface area contributed by atoms with Crippen molar-refractivity contribution in [2.24, 2.45) is 0 Å². The molecule has 0 aliphatic carbocycles. The molecule has 0 radical (unpaired) electrons. The van der Waals surface area contributed by atoms with Crippen molar-refractivity contribution in [3.63, 3.8) is 0 Å². The second-order valence-electron chi connectivity index (χ2n) is 6.64. The van der Waals surface area contributed by atoms with Gasteiger partial charge < -0.3 is 15.4 Å². The van der Waals surface area contributed by atoms with Crippen molar-refractivity contribution in [3.8, 4) is 0 Å². The van der Waals surface area contributed by atoms with Crippen molar-refractivity contribution in [1.29, 1.82) is 0 Å². The number of thioether (sulfide) groups is 1. The number of nitrogens with one attached hydrogen (secondary N) is 2. The summed E-state index contributed by atoms with van der Waals surface area (Å²) in [6.45, 7) is 8.94. The molecule has 3 rings (SSSR count). The Labute approximate surface area is 180 Å². The summed E-state index contributed by atoms with van der Waals surface area (Å²) in [5.41, 5.74) is 2.47. The summed E-state index contributed by atoms with van der Waals surface area (Å²) in [5, 5.41) is 12.3. The first kappa shape index (κ1) is 22.0. The van der Waals surface area contributed by atoms with E-state index in [1.807, 2.05) is 38.1 Å². The van der Waals surface area contributed by atoms with Crippen LogP contribution in [0.5, 0.6) is 0 Å². The highest BCUT2D eigenvalue weighted by Crippen LogP contribution is 2.24. The van der Waals surface area contributed by atoms with Crippen LogP contribution in [0.3, 0.4) is 0 Å². The number of carbonyl (C=O) groups excluding carboxylic acids is 1. The number of aromatic nitrogens is 4. The third-order valence-electron chi connectivity index (χ3n) is 4.38. The molecule has 0 saturated carbocycles. The van der Waals surface area contributed by atoms with Crippen molar-refractivity contribution in [1.82, 2.24) is 25.1 Å². The zero-order valence-corrected chi connectivity index (χ0v) is 18.5. The molecule has 2 heterocycles. The highest BCUT2D eigenvalue weighted by molar-refractivity contribution is 7.99. The number of ether oxygens (including phenoxy) is 1. The van der Waals surface area contributed by atoms with E-state index in [4.69, 9.17) is 4.74 Å². The average Bonchev–Trinajstić information content (AvgIpc) is 3.14. The van der Waals surface area contributed by atoms with E-state index in [0.29, 0.717) is 43.6 Å². The van der Waals surface area contributed by atoms with Gasteiger partial charge in [-0.1, -0.05) is 36.4 Å². The van der Waals surface area contributed by atoms with Crippen LogP contribution >= 0.6 is 11.8 Å². The molecule has 0 atom stereocenters. The Kier molecular flexibility index (Phi) is 8.04. The van der Waals surface area contributed by atoms with Crippen LogP contribution in [-0.4, -0.2) is 57.7 Å². The Balaban J connectivity index is 1.70. The smallest absolute Gasteiger partial charge is 0.251 e. The number of nitrogens with zero attached hydrogens (tertiary/aromatic N) is 4. The third-order valence-corrected chi connectivity index (χ3v) is 5.11. The number of fused-ring (bicyclic) bond motifs is 1. The molecular weight excluding hydrogens is 400 g/mol. The molecule has 0 fully saturated rings. The minimum absolute atomic E-state index is 0.0923. The topological polar surface area (TPSA) is 94.0 Å². The van der Waals surface area contributed by atoms with Gasteiger partial charge in [-0.05, 0) is 31.7 Å². The van der Waals surface area contributed by atoms with Crippen molar-refractivity contribution in [2.45, 2.75) is 32.5 Å². The minimum atomic E-state index is -0.0923. The molecule has 0 aliphatic heterocycles. The molecule has 2 N–H and O–H groups in total. The monoisotopic (exact) mass is 428 g/mol. The Morgan fingerprint density at radius 3 is 2.87 bits per heavy atom. The van der Waals surface area contributed by atoms with E-state index in [1.165, 1.54) is 0 Å². The van der Waals surface area contributed by atoms with E-state index in [0.717, 1.165) is 28.2 Å². The second kappa shape index (κ2) is 10.9. The van der Waals surface area contributed by atoms with E-state index in [-0.39, 0.29) is 5.91 Å². The summed E-state index contributed by atoms with van der Waals surface area (Å²) >= 11 is 1.58. The molecular formula is C21H28N6O2S. The summed E-state index contributed by atoms with van der Waals surface area (Å²) < 4.78 is 7.20. The zero-order valence-electron chi connectivity index (χ0n) is 17.6. The maximum Gasteiger partial charge on any atom is 0.251 e. The van der Waals surface area contributed by atoms with Crippen molar-refractivity contribution < 1.29 is 9.53 Å². The first-order valence-electron chi connectivity index (χ1n) is 10.1. The van der Waals surface area contributed by atoms with Crippen LogP contribution in [0.2, 0.25) is 0 Å². The fourth-order valence-corrected chi connectivity index (χ4v) is 3.54. The second-order valence-corrected chi connectivity index (χ2v) is 7.87. The molecule has 0 spiro atoms. The van der Waals surface area contributed by atoms with Crippen LogP contribution in [0.15, 0.2) is 35.6 Å². The molecule has 9 heteroatoms. The molecule has 0 saturated heterocycles. The lowest BCUT2D eigenvalue weighted by Crippen LogP contribution is -2.27. The Hall–Kier alpha value is -2.65. The molecule has 3 aromatic rings. The van der Waals surface area contributed by atoms with Crippen LogP contribution in [0.25, 0.3) is 11.0 Å². The van der Waals surface area contributed by atoms with Gasteiger partial charge in [0.05, 0.1) is 24.7 Å². The predicted octanol–water partition coefficient (Wildman–Crippen LogP) is 3.13. The van der Waals surface area contributed by atoms with Crippen LogP contribution in [0.4, 0.5) is 5.82 Å². The van der Waals surface area contributed by atoms with Gasteiger partial charge >= 0.3 is 0 Å². The number of aryl methyl sites for hydroxylation is 1. The first-order chi connectivity index (χ1) is 14.6. The molecule has 8 nitrogen and oxygen atoms in total. The van der Waals surface area contributed by atoms with Gasteiger partial charge in [0.15, 0.2) is 10.8 Å². The summed E-state index contributed by atoms with van der Waals surface area (Å²) in [6, 6.07) is 7.54. The van der Waals surface area contributed by atoms with Gasteiger partial charge in [0.25, 0.3) is 5.91 Å². The minimum Gasteiger partial charge on any atom is -0.380 e. The van der Waals surface area contributed by atoms with Crippen LogP contribution in [-0.2, 0) is 11.3 Å². The van der Waals surface area contributed by atoms with E-state index in [2.05, 4.69) is 32.6 Å².